The Kier molecular flexibility index (Phi) is 6.55. The number of aliphatic hydroxyl groups excluding tert-OH is 1. The van der Waals surface area contributed by atoms with Gasteiger partial charge in [-0.05, 0) is 6.42 Å². The van der Waals surface area contributed by atoms with Crippen LogP contribution in [-0.2, 0) is 0 Å². The lowest BCUT2D eigenvalue weighted by molar-refractivity contribution is 0.184. The molecule has 0 aromatic rings. The van der Waals surface area contributed by atoms with Gasteiger partial charge in [-0.15, -0.1) is 11.6 Å². The van der Waals surface area contributed by atoms with Gasteiger partial charge in [0.1, 0.15) is 0 Å². The largest absolute Gasteiger partial charge is 0.392 e. The van der Waals surface area contributed by atoms with Crippen LogP contribution in [0, 0.1) is 0 Å². The minimum Gasteiger partial charge on any atom is -0.392 e. The lowest BCUT2D eigenvalue weighted by atomic mass is 10.1. The minimum atomic E-state index is -0.279. The SMILES string of the molecule is CCCCC[C@@H](O)CCl. The number of unbranched alkanes of at least 4 members (excludes halogenated alkanes) is 2. The number of aliphatic hydroxyl groups is 1. The van der Waals surface area contributed by atoms with Crippen molar-refractivity contribution in [1.82, 2.24) is 0 Å². The first-order chi connectivity index (χ1) is 4.31. The molecule has 0 bridgehead atoms. The Hall–Kier alpha value is 0.250. The monoisotopic (exact) mass is 150 g/mol. The molecule has 0 aliphatic carbocycles. The molecule has 0 radical (unpaired) electrons. The van der Waals surface area contributed by atoms with Crippen molar-refractivity contribution in [1.29, 1.82) is 0 Å². The summed E-state index contributed by atoms with van der Waals surface area (Å²) in [6.45, 7) is 2.15. The summed E-state index contributed by atoms with van der Waals surface area (Å²) < 4.78 is 0. The van der Waals surface area contributed by atoms with E-state index >= 15 is 0 Å². The highest BCUT2D eigenvalue weighted by molar-refractivity contribution is 6.18. The highest BCUT2D eigenvalue weighted by atomic mass is 35.5. The first-order valence-corrected chi connectivity index (χ1v) is 4.08. The molecule has 0 rings (SSSR count). The van der Waals surface area contributed by atoms with Crippen molar-refractivity contribution in [2.45, 2.75) is 38.7 Å². The van der Waals surface area contributed by atoms with Gasteiger partial charge in [0.15, 0.2) is 0 Å². The molecule has 56 valence electrons. The Bertz CT molecular complexity index is 56.9. The van der Waals surface area contributed by atoms with Crippen molar-refractivity contribution in [3.63, 3.8) is 0 Å². The molecule has 0 aliphatic rings. The molecule has 9 heavy (non-hydrogen) atoms. The van der Waals surface area contributed by atoms with E-state index in [9.17, 15) is 0 Å². The second kappa shape index (κ2) is 6.37. The molecular weight excluding hydrogens is 136 g/mol. The van der Waals surface area contributed by atoms with Gasteiger partial charge in [0.05, 0.1) is 6.10 Å². The van der Waals surface area contributed by atoms with Crippen LogP contribution >= 0.6 is 11.6 Å². The molecule has 0 amide bonds. The molecule has 0 unspecified atom stereocenters. The molecule has 0 saturated heterocycles. The second-order valence-electron chi connectivity index (χ2n) is 2.30. The minimum absolute atomic E-state index is 0.279. The summed E-state index contributed by atoms with van der Waals surface area (Å²) in [5.74, 6) is 0.379. The van der Waals surface area contributed by atoms with Crippen molar-refractivity contribution < 1.29 is 5.11 Å². The van der Waals surface area contributed by atoms with Gasteiger partial charge in [0.25, 0.3) is 0 Å². The summed E-state index contributed by atoms with van der Waals surface area (Å²) in [7, 11) is 0. The molecule has 2 heteroatoms. The maximum Gasteiger partial charge on any atom is 0.0675 e. The molecular formula is C7H15ClO. The van der Waals surface area contributed by atoms with Crippen molar-refractivity contribution in [2.75, 3.05) is 5.88 Å². The fourth-order valence-corrected chi connectivity index (χ4v) is 0.861. The smallest absolute Gasteiger partial charge is 0.0675 e. The van der Waals surface area contributed by atoms with E-state index in [0.29, 0.717) is 5.88 Å². The zero-order chi connectivity index (χ0) is 7.11. The lowest BCUT2D eigenvalue weighted by Crippen LogP contribution is -2.06. The number of rotatable bonds is 5. The molecule has 0 fully saturated rings. The fraction of sp³-hybridized carbons (Fsp3) is 1.00. The number of alkyl halides is 1. The van der Waals surface area contributed by atoms with Gasteiger partial charge in [-0.2, -0.15) is 0 Å². The molecule has 0 spiro atoms. The average Bonchev–Trinajstić information content (AvgIpc) is 1.89. The molecule has 0 aliphatic heterocycles. The van der Waals surface area contributed by atoms with Crippen LogP contribution < -0.4 is 0 Å². The van der Waals surface area contributed by atoms with Crippen LogP contribution in [-0.4, -0.2) is 17.1 Å². The summed E-state index contributed by atoms with van der Waals surface area (Å²) in [5, 5.41) is 8.95. The van der Waals surface area contributed by atoms with Crippen LogP contribution in [0.1, 0.15) is 32.6 Å². The van der Waals surface area contributed by atoms with Gasteiger partial charge >= 0.3 is 0 Å². The Labute approximate surface area is 62.0 Å². The summed E-state index contributed by atoms with van der Waals surface area (Å²) in [6, 6.07) is 0. The Morgan fingerprint density at radius 3 is 2.56 bits per heavy atom. The molecule has 0 aromatic heterocycles. The van der Waals surface area contributed by atoms with E-state index in [1.165, 1.54) is 12.8 Å². The van der Waals surface area contributed by atoms with Crippen molar-refractivity contribution in [3.05, 3.63) is 0 Å². The first-order valence-electron chi connectivity index (χ1n) is 3.55. The summed E-state index contributed by atoms with van der Waals surface area (Å²) in [5.41, 5.74) is 0. The van der Waals surface area contributed by atoms with Gasteiger partial charge in [-0.25, -0.2) is 0 Å². The van der Waals surface area contributed by atoms with Crippen molar-refractivity contribution in [2.24, 2.45) is 0 Å². The maximum atomic E-state index is 8.95. The molecule has 1 nitrogen and oxygen atoms in total. The third kappa shape index (κ3) is 6.13. The van der Waals surface area contributed by atoms with Crippen LogP contribution in [0.15, 0.2) is 0 Å². The van der Waals surface area contributed by atoms with E-state index in [-0.39, 0.29) is 6.10 Å². The normalized spacial score (nSPS) is 13.7. The van der Waals surface area contributed by atoms with Crippen LogP contribution in [0.2, 0.25) is 0 Å². The van der Waals surface area contributed by atoms with Gasteiger partial charge < -0.3 is 5.11 Å². The van der Waals surface area contributed by atoms with Gasteiger partial charge in [-0.3, -0.25) is 0 Å². The van der Waals surface area contributed by atoms with Crippen molar-refractivity contribution >= 4 is 11.6 Å². The van der Waals surface area contributed by atoms with Crippen LogP contribution in [0.4, 0.5) is 0 Å². The molecule has 0 saturated carbocycles. The standard InChI is InChI=1S/C7H15ClO/c1-2-3-4-5-7(9)6-8/h7,9H,2-6H2,1H3/t7-/m1/s1. The predicted octanol–water partition coefficient (Wildman–Crippen LogP) is 2.17. The van der Waals surface area contributed by atoms with E-state index in [4.69, 9.17) is 16.7 Å². The molecule has 1 N–H and O–H groups in total. The maximum absolute atomic E-state index is 8.95. The van der Waals surface area contributed by atoms with Crippen LogP contribution in [0.3, 0.4) is 0 Å². The van der Waals surface area contributed by atoms with Crippen molar-refractivity contribution in [3.8, 4) is 0 Å². The van der Waals surface area contributed by atoms with E-state index in [0.717, 1.165) is 12.8 Å². The summed E-state index contributed by atoms with van der Waals surface area (Å²) in [4.78, 5) is 0. The number of hydrogen-bond donors (Lipinski definition) is 1. The first kappa shape index (κ1) is 9.25. The van der Waals surface area contributed by atoms with Crippen LogP contribution in [0.5, 0.6) is 0 Å². The molecule has 1 atom stereocenters. The Balaban J connectivity index is 2.88. The highest BCUT2D eigenvalue weighted by Gasteiger charge is 1.98. The molecule has 0 heterocycles. The lowest BCUT2D eigenvalue weighted by Gasteiger charge is -2.03. The van der Waals surface area contributed by atoms with Gasteiger partial charge in [-0.1, -0.05) is 26.2 Å². The zero-order valence-electron chi connectivity index (χ0n) is 5.94. The van der Waals surface area contributed by atoms with E-state index in [1.54, 1.807) is 0 Å². The van der Waals surface area contributed by atoms with E-state index in [2.05, 4.69) is 6.92 Å². The Morgan fingerprint density at radius 1 is 1.44 bits per heavy atom. The average molecular weight is 151 g/mol. The zero-order valence-corrected chi connectivity index (χ0v) is 6.69. The van der Waals surface area contributed by atoms with Gasteiger partial charge in [0, 0.05) is 5.88 Å². The molecule has 0 aromatic carbocycles. The topological polar surface area (TPSA) is 20.2 Å². The fourth-order valence-electron chi connectivity index (χ4n) is 0.707. The number of hydrogen-bond acceptors (Lipinski definition) is 1. The van der Waals surface area contributed by atoms with E-state index < -0.39 is 0 Å². The van der Waals surface area contributed by atoms with E-state index in [1.807, 2.05) is 0 Å². The summed E-state index contributed by atoms with van der Waals surface area (Å²) in [6.07, 6.45) is 4.09. The Morgan fingerprint density at radius 2 is 2.11 bits per heavy atom. The van der Waals surface area contributed by atoms with Crippen LogP contribution in [0.25, 0.3) is 0 Å². The highest BCUT2D eigenvalue weighted by Crippen LogP contribution is 2.03. The predicted molar refractivity (Wildman–Crippen MR) is 40.9 cm³/mol. The third-order valence-corrected chi connectivity index (χ3v) is 1.68. The second-order valence-corrected chi connectivity index (χ2v) is 2.61. The third-order valence-electron chi connectivity index (χ3n) is 1.32. The quantitative estimate of drug-likeness (QED) is 0.471. The van der Waals surface area contributed by atoms with Gasteiger partial charge in [0.2, 0.25) is 0 Å². The number of halogens is 1. The summed E-state index contributed by atoms with van der Waals surface area (Å²) >= 11 is 5.38.